The van der Waals surface area contributed by atoms with Gasteiger partial charge in [0.05, 0.1) is 5.69 Å². The van der Waals surface area contributed by atoms with Crippen LogP contribution in [0.2, 0.25) is 5.02 Å². The Hall–Kier alpha value is -2.67. The number of anilines is 1. The molecular weight excluding hydrogens is 391 g/mol. The molecule has 0 fully saturated rings. The molecule has 4 nitrogen and oxygen atoms in total. The van der Waals surface area contributed by atoms with E-state index in [1.54, 1.807) is 42.5 Å². The second-order valence-corrected chi connectivity index (χ2v) is 7.18. The highest BCUT2D eigenvalue weighted by Crippen LogP contribution is 2.43. The van der Waals surface area contributed by atoms with Gasteiger partial charge in [0.25, 0.3) is 0 Å². The van der Waals surface area contributed by atoms with Crippen molar-refractivity contribution in [2.45, 2.75) is 25.1 Å². The van der Waals surface area contributed by atoms with Crippen LogP contribution in [0.15, 0.2) is 48.5 Å². The van der Waals surface area contributed by atoms with E-state index in [1.807, 2.05) is 0 Å². The van der Waals surface area contributed by atoms with Gasteiger partial charge in [0.15, 0.2) is 6.04 Å². The standard InChI is InChI=1S/C20H17ClF3N3O/c21-12-5-3-6-13(11-12)25-19(28)27-10-4-8-15-14-7-1-2-9-16(14)26-17(15)18(27)20(22,23)24/h1-3,5-7,9,11,18,26H,4,8,10H2,(H,25,28). The fraction of sp³-hybridized carbons (Fsp3) is 0.250. The molecule has 2 N–H and O–H groups in total. The normalized spacial score (nSPS) is 17.3. The minimum Gasteiger partial charge on any atom is -0.356 e. The number of hydrogen-bond donors (Lipinski definition) is 2. The average molecular weight is 408 g/mol. The summed E-state index contributed by atoms with van der Waals surface area (Å²) in [4.78, 5) is 16.5. The van der Waals surface area contributed by atoms with Crippen LogP contribution in [-0.2, 0) is 6.42 Å². The molecule has 8 heteroatoms. The van der Waals surface area contributed by atoms with Gasteiger partial charge in [-0.1, -0.05) is 35.9 Å². The SMILES string of the molecule is O=C(Nc1cccc(Cl)c1)N1CCCc2c([nH]c3ccccc23)C1C(F)(F)F. The topological polar surface area (TPSA) is 48.1 Å². The van der Waals surface area contributed by atoms with Crippen molar-refractivity contribution in [1.82, 2.24) is 9.88 Å². The van der Waals surface area contributed by atoms with Gasteiger partial charge in [0.1, 0.15) is 0 Å². The monoisotopic (exact) mass is 407 g/mol. The van der Waals surface area contributed by atoms with Crippen LogP contribution in [0.5, 0.6) is 0 Å². The first-order valence-electron chi connectivity index (χ1n) is 8.84. The third kappa shape index (κ3) is 3.42. The summed E-state index contributed by atoms with van der Waals surface area (Å²) in [5, 5.41) is 3.69. The van der Waals surface area contributed by atoms with Crippen molar-refractivity contribution >= 4 is 34.2 Å². The fourth-order valence-corrected chi connectivity index (χ4v) is 3.95. The summed E-state index contributed by atoms with van der Waals surface area (Å²) in [5.41, 5.74) is 1.64. The highest BCUT2D eigenvalue weighted by Gasteiger charge is 2.49. The van der Waals surface area contributed by atoms with E-state index < -0.39 is 18.2 Å². The average Bonchev–Trinajstić information content (AvgIpc) is 2.86. The second kappa shape index (κ2) is 7.05. The molecule has 1 aliphatic heterocycles. The molecule has 2 amide bonds. The number of fused-ring (bicyclic) bond motifs is 3. The van der Waals surface area contributed by atoms with Gasteiger partial charge in [-0.05, 0) is 42.7 Å². The molecule has 0 spiro atoms. The molecule has 1 unspecified atom stereocenters. The van der Waals surface area contributed by atoms with E-state index in [2.05, 4.69) is 10.3 Å². The number of urea groups is 1. The maximum absolute atomic E-state index is 14.1. The minimum atomic E-state index is -4.62. The maximum atomic E-state index is 14.1. The molecular formula is C20H17ClF3N3O. The number of halogens is 4. The van der Waals surface area contributed by atoms with Gasteiger partial charge >= 0.3 is 12.2 Å². The third-order valence-corrected chi connectivity index (χ3v) is 5.14. The Kier molecular flexibility index (Phi) is 4.71. The summed E-state index contributed by atoms with van der Waals surface area (Å²) in [6.45, 7) is -0.00653. The molecule has 1 aromatic heterocycles. The van der Waals surface area contributed by atoms with Crippen molar-refractivity contribution in [2.75, 3.05) is 11.9 Å². The number of aromatic amines is 1. The lowest BCUT2D eigenvalue weighted by Gasteiger charge is -2.31. The lowest BCUT2D eigenvalue weighted by molar-refractivity contribution is -0.178. The van der Waals surface area contributed by atoms with Crippen LogP contribution >= 0.6 is 11.6 Å². The predicted octanol–water partition coefficient (Wildman–Crippen LogP) is 5.91. The number of carbonyl (C=O) groups excluding carboxylic acids is 1. The van der Waals surface area contributed by atoms with Crippen LogP contribution in [0.3, 0.4) is 0 Å². The summed E-state index contributed by atoms with van der Waals surface area (Å²) in [5.74, 6) is 0. The number of benzene rings is 2. The highest BCUT2D eigenvalue weighted by molar-refractivity contribution is 6.30. The number of nitrogens with zero attached hydrogens (tertiary/aromatic N) is 1. The first kappa shape index (κ1) is 18.7. The maximum Gasteiger partial charge on any atom is 0.414 e. The van der Waals surface area contributed by atoms with Gasteiger partial charge in [-0.2, -0.15) is 13.2 Å². The van der Waals surface area contributed by atoms with Crippen LogP contribution in [0.4, 0.5) is 23.7 Å². The number of H-pyrrole nitrogens is 1. The number of aryl methyl sites for hydroxylation is 1. The van der Waals surface area contributed by atoms with Crippen molar-refractivity contribution in [3.8, 4) is 0 Å². The highest BCUT2D eigenvalue weighted by atomic mass is 35.5. The molecule has 1 aliphatic rings. The molecule has 146 valence electrons. The Labute approximate surface area is 164 Å². The molecule has 4 rings (SSSR count). The van der Waals surface area contributed by atoms with Gasteiger partial charge in [-0.25, -0.2) is 4.79 Å². The van der Waals surface area contributed by atoms with Crippen molar-refractivity contribution in [3.05, 3.63) is 64.8 Å². The summed E-state index contributed by atoms with van der Waals surface area (Å²) in [7, 11) is 0. The Morgan fingerprint density at radius 1 is 1.18 bits per heavy atom. The van der Waals surface area contributed by atoms with E-state index >= 15 is 0 Å². The fourth-order valence-electron chi connectivity index (χ4n) is 3.76. The van der Waals surface area contributed by atoms with Crippen LogP contribution < -0.4 is 5.32 Å². The first-order chi connectivity index (χ1) is 13.3. The molecule has 0 bridgehead atoms. The van der Waals surface area contributed by atoms with E-state index in [9.17, 15) is 18.0 Å². The minimum absolute atomic E-state index is 0.00653. The largest absolute Gasteiger partial charge is 0.414 e. The van der Waals surface area contributed by atoms with E-state index in [0.717, 1.165) is 10.3 Å². The van der Waals surface area contributed by atoms with Crippen molar-refractivity contribution < 1.29 is 18.0 Å². The number of carbonyl (C=O) groups is 1. The molecule has 28 heavy (non-hydrogen) atoms. The van der Waals surface area contributed by atoms with E-state index in [-0.39, 0.29) is 12.2 Å². The first-order valence-corrected chi connectivity index (χ1v) is 9.22. The summed E-state index contributed by atoms with van der Waals surface area (Å²) < 4.78 is 42.2. The lowest BCUT2D eigenvalue weighted by atomic mass is 10.0. The zero-order valence-electron chi connectivity index (χ0n) is 14.7. The number of rotatable bonds is 1. The van der Waals surface area contributed by atoms with E-state index in [1.165, 1.54) is 6.07 Å². The number of hydrogen-bond acceptors (Lipinski definition) is 1. The Balaban J connectivity index is 1.75. The molecule has 1 atom stereocenters. The number of aromatic nitrogens is 1. The zero-order valence-corrected chi connectivity index (χ0v) is 15.4. The number of alkyl halides is 3. The lowest BCUT2D eigenvalue weighted by Crippen LogP contribution is -2.44. The molecule has 0 radical (unpaired) electrons. The van der Waals surface area contributed by atoms with Gasteiger partial charge < -0.3 is 15.2 Å². The summed E-state index contributed by atoms with van der Waals surface area (Å²) >= 11 is 5.90. The molecule has 0 aliphatic carbocycles. The van der Waals surface area contributed by atoms with Crippen molar-refractivity contribution in [2.24, 2.45) is 0 Å². The Bertz CT molecular complexity index is 1030. The number of amides is 2. The summed E-state index contributed by atoms with van der Waals surface area (Å²) in [6.07, 6.45) is -3.72. The van der Waals surface area contributed by atoms with Crippen molar-refractivity contribution in [1.29, 1.82) is 0 Å². The van der Waals surface area contributed by atoms with E-state index in [0.29, 0.717) is 34.6 Å². The molecule has 3 aromatic rings. The van der Waals surface area contributed by atoms with Gasteiger partial charge in [0, 0.05) is 28.2 Å². The summed E-state index contributed by atoms with van der Waals surface area (Å²) in [6, 6.07) is 10.6. The number of nitrogens with one attached hydrogen (secondary N) is 2. The molecule has 0 saturated heterocycles. The number of para-hydroxylation sites is 1. The van der Waals surface area contributed by atoms with Gasteiger partial charge in [-0.15, -0.1) is 0 Å². The van der Waals surface area contributed by atoms with Crippen molar-refractivity contribution in [3.63, 3.8) is 0 Å². The smallest absolute Gasteiger partial charge is 0.356 e. The second-order valence-electron chi connectivity index (χ2n) is 6.74. The van der Waals surface area contributed by atoms with Crippen LogP contribution in [-0.4, -0.2) is 28.6 Å². The zero-order chi connectivity index (χ0) is 19.9. The quantitative estimate of drug-likeness (QED) is 0.518. The predicted molar refractivity (Wildman–Crippen MR) is 103 cm³/mol. The van der Waals surface area contributed by atoms with Crippen LogP contribution in [0, 0.1) is 0 Å². The van der Waals surface area contributed by atoms with Crippen LogP contribution in [0.25, 0.3) is 10.9 Å². The molecule has 0 saturated carbocycles. The van der Waals surface area contributed by atoms with Crippen LogP contribution in [0.1, 0.15) is 23.7 Å². The third-order valence-electron chi connectivity index (χ3n) is 4.90. The Morgan fingerprint density at radius 2 is 1.96 bits per heavy atom. The Morgan fingerprint density at radius 3 is 2.71 bits per heavy atom. The van der Waals surface area contributed by atoms with E-state index in [4.69, 9.17) is 11.6 Å². The van der Waals surface area contributed by atoms with Gasteiger partial charge in [0.2, 0.25) is 0 Å². The molecule has 2 aromatic carbocycles. The molecule has 2 heterocycles. The van der Waals surface area contributed by atoms with Gasteiger partial charge in [-0.3, -0.25) is 0 Å².